The zero-order valence-electron chi connectivity index (χ0n) is 22.9. The number of aliphatic carboxylic acids is 2. The van der Waals surface area contributed by atoms with Crippen LogP contribution < -0.4 is 26.0 Å². The van der Waals surface area contributed by atoms with E-state index < -0.39 is 47.2 Å². The van der Waals surface area contributed by atoms with Crippen molar-refractivity contribution in [3.8, 4) is 0 Å². The molecular formula is C27H27Cl2N5O7S3. The minimum atomic E-state index is -1.27. The molecule has 1 aromatic heterocycles. The lowest BCUT2D eigenvalue weighted by Gasteiger charge is -2.49. The second-order valence-electron chi connectivity index (χ2n) is 9.61. The molecule has 3 atom stereocenters. The highest BCUT2D eigenvalue weighted by Crippen LogP contribution is 2.41. The number of fused-ring (bicyclic) bond motifs is 1. The Kier molecular flexibility index (Phi) is 11.7. The smallest absolute Gasteiger partial charge is 0.352 e. The number of urea groups is 1. The van der Waals surface area contributed by atoms with E-state index in [1.165, 1.54) is 44.8 Å². The molecule has 0 bridgehead atoms. The van der Waals surface area contributed by atoms with Crippen LogP contribution in [0.1, 0.15) is 18.9 Å². The predicted octanol–water partition coefficient (Wildman–Crippen LogP) is 1.64. The van der Waals surface area contributed by atoms with E-state index in [1.54, 1.807) is 42.7 Å². The summed E-state index contributed by atoms with van der Waals surface area (Å²) in [6, 6.07) is 5.84. The van der Waals surface area contributed by atoms with Gasteiger partial charge >= 0.3 is 12.0 Å². The third-order valence-corrected chi connectivity index (χ3v) is 10.8. The van der Waals surface area contributed by atoms with Crippen molar-refractivity contribution in [2.24, 2.45) is 5.73 Å². The molecule has 2 aromatic rings. The first-order valence-electron chi connectivity index (χ1n) is 13.1. The van der Waals surface area contributed by atoms with E-state index in [4.69, 9.17) is 28.9 Å². The van der Waals surface area contributed by atoms with Crippen molar-refractivity contribution >= 4 is 88.3 Å². The first-order valence-corrected chi connectivity index (χ1v) is 16.9. The Labute approximate surface area is 275 Å². The van der Waals surface area contributed by atoms with Gasteiger partial charge in [-0.2, -0.15) is 4.57 Å². The normalized spacial score (nSPS) is 18.2. The van der Waals surface area contributed by atoms with Gasteiger partial charge in [-0.25, -0.2) is 9.59 Å². The van der Waals surface area contributed by atoms with Crippen molar-refractivity contribution in [1.82, 2.24) is 15.5 Å². The van der Waals surface area contributed by atoms with Gasteiger partial charge in [0.2, 0.25) is 5.91 Å². The van der Waals surface area contributed by atoms with Crippen molar-refractivity contribution in [3.63, 3.8) is 0 Å². The maximum Gasteiger partial charge on any atom is 0.352 e. The number of β-lactam (4-membered cyclic amide) rings is 1. The number of nitrogens with one attached hydrogen (secondary N) is 2. The summed E-state index contributed by atoms with van der Waals surface area (Å²) >= 11 is 16.0. The molecule has 4 rings (SSSR count). The quantitative estimate of drug-likeness (QED) is 0.0978. The molecular weight excluding hydrogens is 673 g/mol. The molecule has 4 amide bonds. The number of pyridine rings is 1. The number of benzene rings is 1. The fraction of sp³-hybridized carbons (Fsp3) is 0.333. The minimum Gasteiger partial charge on any atom is -0.543 e. The molecule has 12 nitrogen and oxygen atoms in total. The molecule has 1 fully saturated rings. The maximum absolute atomic E-state index is 13.0. The van der Waals surface area contributed by atoms with Gasteiger partial charge in [0.1, 0.15) is 23.1 Å². The summed E-state index contributed by atoms with van der Waals surface area (Å²) in [4.78, 5) is 62.8. The summed E-state index contributed by atoms with van der Waals surface area (Å²) in [6.45, 7) is 0.235. The molecule has 44 heavy (non-hydrogen) atoms. The molecule has 17 heteroatoms. The number of hydrogen-bond acceptors (Lipinski definition) is 9. The van der Waals surface area contributed by atoms with Crippen LogP contribution in [0.3, 0.4) is 0 Å². The van der Waals surface area contributed by atoms with Crippen LogP contribution in [-0.4, -0.2) is 75.0 Å². The third kappa shape index (κ3) is 8.33. The van der Waals surface area contributed by atoms with E-state index in [0.29, 0.717) is 32.7 Å². The molecule has 5 N–H and O–H groups in total. The Hall–Kier alpha value is -3.11. The lowest BCUT2D eigenvalue weighted by molar-refractivity contribution is -0.716. The Morgan fingerprint density at radius 3 is 2.57 bits per heavy atom. The second kappa shape index (κ2) is 15.3. The Balaban J connectivity index is 1.34. The van der Waals surface area contributed by atoms with Gasteiger partial charge in [0.25, 0.3) is 5.91 Å². The van der Waals surface area contributed by atoms with Gasteiger partial charge in [-0.05, 0) is 30.2 Å². The summed E-state index contributed by atoms with van der Waals surface area (Å²) in [5, 5.41) is 27.1. The largest absolute Gasteiger partial charge is 0.543 e. The predicted molar refractivity (Wildman–Crippen MR) is 165 cm³/mol. The second-order valence-corrected chi connectivity index (χ2v) is 13.6. The van der Waals surface area contributed by atoms with E-state index in [-0.39, 0.29) is 30.2 Å². The van der Waals surface area contributed by atoms with Crippen LogP contribution in [0.4, 0.5) is 4.79 Å². The van der Waals surface area contributed by atoms with Gasteiger partial charge in [-0.1, -0.05) is 23.2 Å². The molecule has 2 aliphatic heterocycles. The van der Waals surface area contributed by atoms with Crippen molar-refractivity contribution in [3.05, 3.63) is 64.0 Å². The standard InChI is InChI=1S/C27H27Cl2N5O7S3/c28-15-3-4-17(29)19(10-15)43-13-20(35)32-21-23(36)34-22(26(39)40)14(12-44-24(21)34)11-42-16-5-8-33(9-6-16)18(25(37)38)2-1-7-31-27(30)41/h3-6,8-10,18,21,24H,1-2,7,11-13H2,(H5-,30,31,32,35,37,38,39,40,41)/t18-,21+,24+/m0/s1. The van der Waals surface area contributed by atoms with Crippen molar-refractivity contribution in [2.75, 3.05) is 23.8 Å². The van der Waals surface area contributed by atoms with E-state index >= 15 is 0 Å². The van der Waals surface area contributed by atoms with Crippen LogP contribution in [0, 0.1) is 0 Å². The Morgan fingerprint density at radius 2 is 1.91 bits per heavy atom. The number of nitrogens with two attached hydrogens (primary N) is 1. The van der Waals surface area contributed by atoms with E-state index in [0.717, 1.165) is 4.90 Å². The SMILES string of the molecule is NC(=O)NCCC[C@@H](C(=O)[O-])[n+]1ccc(SCC2=C(C(=O)O)N3C(=O)[C@@H](NC(=O)CSc4cc(Cl)ccc4Cl)[C@H]3SC2)cc1. The van der Waals surface area contributed by atoms with E-state index in [1.807, 2.05) is 0 Å². The number of thioether (sulfide) groups is 3. The van der Waals surface area contributed by atoms with Crippen LogP contribution in [0.15, 0.2) is 63.8 Å². The molecule has 3 heterocycles. The monoisotopic (exact) mass is 699 g/mol. The highest BCUT2D eigenvalue weighted by Gasteiger charge is 2.54. The first-order chi connectivity index (χ1) is 21.0. The molecule has 0 unspecified atom stereocenters. The molecule has 234 valence electrons. The van der Waals surface area contributed by atoms with Crippen molar-refractivity contribution < 1.29 is 38.8 Å². The maximum atomic E-state index is 13.0. The lowest BCUT2D eigenvalue weighted by atomic mass is 10.0. The Morgan fingerprint density at radius 1 is 1.18 bits per heavy atom. The number of halogens is 2. The number of rotatable bonds is 14. The Bertz CT molecular complexity index is 1490. The van der Waals surface area contributed by atoms with Gasteiger partial charge in [0.05, 0.1) is 10.8 Å². The average molecular weight is 701 g/mol. The van der Waals surface area contributed by atoms with E-state index in [9.17, 15) is 34.2 Å². The number of hydrogen-bond donors (Lipinski definition) is 4. The number of carboxylic acids is 2. The molecule has 1 saturated heterocycles. The highest BCUT2D eigenvalue weighted by atomic mass is 35.5. The summed E-state index contributed by atoms with van der Waals surface area (Å²) < 4.78 is 1.49. The van der Waals surface area contributed by atoms with Crippen LogP contribution in [0.5, 0.6) is 0 Å². The minimum absolute atomic E-state index is 0.00194. The van der Waals surface area contributed by atoms with Crippen LogP contribution >= 0.6 is 58.5 Å². The molecule has 2 aliphatic rings. The van der Waals surface area contributed by atoms with Gasteiger partial charge in [-0.15, -0.1) is 35.3 Å². The number of carbonyl (C=O) groups is 5. The van der Waals surface area contributed by atoms with Gasteiger partial charge in [-0.3, -0.25) is 14.5 Å². The summed E-state index contributed by atoms with van der Waals surface area (Å²) in [6.07, 6.45) is 3.78. The number of carbonyl (C=O) groups excluding carboxylic acids is 4. The molecule has 0 spiro atoms. The molecule has 0 saturated carbocycles. The summed E-state index contributed by atoms with van der Waals surface area (Å²) in [7, 11) is 0. The van der Waals surface area contributed by atoms with E-state index in [2.05, 4.69) is 10.6 Å². The number of amides is 4. The topological polar surface area (TPSA) is 186 Å². The zero-order valence-corrected chi connectivity index (χ0v) is 26.8. The number of carboxylic acid groups (broad SMARTS) is 2. The van der Waals surface area contributed by atoms with Crippen LogP contribution in [-0.2, 0) is 19.2 Å². The zero-order chi connectivity index (χ0) is 32.0. The number of aromatic nitrogens is 1. The van der Waals surface area contributed by atoms with Gasteiger partial charge < -0.3 is 31.4 Å². The fourth-order valence-electron chi connectivity index (χ4n) is 4.53. The van der Waals surface area contributed by atoms with Crippen molar-refractivity contribution in [1.29, 1.82) is 0 Å². The van der Waals surface area contributed by atoms with Crippen molar-refractivity contribution in [2.45, 2.75) is 40.1 Å². The average Bonchev–Trinajstić information content (AvgIpc) is 2.98. The summed E-state index contributed by atoms with van der Waals surface area (Å²) in [5.74, 6) is -2.76. The summed E-state index contributed by atoms with van der Waals surface area (Å²) in [5.41, 5.74) is 5.48. The third-order valence-electron chi connectivity index (χ3n) is 6.64. The molecule has 1 aromatic carbocycles. The lowest BCUT2D eigenvalue weighted by Crippen LogP contribution is -2.70. The molecule has 0 radical (unpaired) electrons. The highest BCUT2D eigenvalue weighted by molar-refractivity contribution is 8.01. The first kappa shape index (κ1) is 33.8. The van der Waals surface area contributed by atoms with Gasteiger partial charge in [0, 0.05) is 51.4 Å². The van der Waals surface area contributed by atoms with Crippen LogP contribution in [0.2, 0.25) is 10.0 Å². The number of nitrogens with zero attached hydrogens (tertiary/aromatic N) is 2. The van der Waals surface area contributed by atoms with Gasteiger partial charge in [0.15, 0.2) is 18.4 Å². The number of primary amides is 1. The molecule has 0 aliphatic carbocycles. The van der Waals surface area contributed by atoms with Crippen LogP contribution in [0.25, 0.3) is 0 Å². The fourth-order valence-corrected chi connectivity index (χ4v) is 8.21.